The third-order valence-corrected chi connectivity index (χ3v) is 3.25. The van der Waals surface area contributed by atoms with Crippen LogP contribution in [0.1, 0.15) is 10.4 Å². The zero-order valence-corrected chi connectivity index (χ0v) is 11.6. The molecule has 0 atom stereocenters. The minimum absolute atomic E-state index is 0.00642. The molecule has 2 aromatic carbocycles. The van der Waals surface area contributed by atoms with Crippen molar-refractivity contribution in [3.05, 3.63) is 58.1 Å². The van der Waals surface area contributed by atoms with Gasteiger partial charge in [0.1, 0.15) is 0 Å². The van der Waals surface area contributed by atoms with Gasteiger partial charge in [0, 0.05) is 5.46 Å². The highest BCUT2D eigenvalue weighted by Gasteiger charge is 2.22. The lowest BCUT2D eigenvalue weighted by molar-refractivity contribution is 0.0735. The highest BCUT2D eigenvalue weighted by atomic mass is 35.5. The van der Waals surface area contributed by atoms with E-state index in [1.165, 1.54) is 12.1 Å². The van der Waals surface area contributed by atoms with Crippen LogP contribution in [0.3, 0.4) is 0 Å². The van der Waals surface area contributed by atoms with Crippen molar-refractivity contribution in [2.75, 3.05) is 0 Å². The molecule has 0 bridgehead atoms. The first-order valence-electron chi connectivity index (χ1n) is 5.62. The van der Waals surface area contributed by atoms with E-state index in [4.69, 9.17) is 38.0 Å². The summed E-state index contributed by atoms with van der Waals surface area (Å²) in [6, 6.07) is 11.0. The summed E-state index contributed by atoms with van der Waals surface area (Å²) in [6.07, 6.45) is 0. The summed E-state index contributed by atoms with van der Waals surface area (Å²) in [5.41, 5.74) is 0.335. The Bertz CT molecular complexity index is 632. The van der Waals surface area contributed by atoms with Gasteiger partial charge in [0.05, 0.1) is 15.6 Å². The molecule has 0 unspecified atom stereocenters. The van der Waals surface area contributed by atoms with Gasteiger partial charge in [-0.3, -0.25) is 0 Å². The Morgan fingerprint density at radius 2 is 1.70 bits per heavy atom. The monoisotopic (exact) mass is 310 g/mol. The number of halogens is 2. The molecule has 0 aliphatic heterocycles. The zero-order valence-electron chi connectivity index (χ0n) is 10.1. The van der Waals surface area contributed by atoms with Gasteiger partial charge in [0.2, 0.25) is 0 Å². The predicted octanol–water partition coefficient (Wildman–Crippen LogP) is 1.89. The van der Waals surface area contributed by atoms with Crippen LogP contribution in [0.15, 0.2) is 42.5 Å². The molecular weight excluding hydrogens is 302 g/mol. The lowest BCUT2D eigenvalue weighted by Crippen LogP contribution is -2.31. The Balaban J connectivity index is 2.34. The number of carbonyl (C=O) groups excluding carboxylic acids is 1. The normalized spacial score (nSPS) is 10.2. The van der Waals surface area contributed by atoms with Gasteiger partial charge < -0.3 is 14.8 Å². The Hall–Kier alpha value is -1.53. The van der Waals surface area contributed by atoms with E-state index in [9.17, 15) is 4.79 Å². The minimum atomic E-state index is -1.78. The van der Waals surface area contributed by atoms with Gasteiger partial charge in [-0.2, -0.15) is 0 Å². The Labute approximate surface area is 125 Å². The second-order valence-electron chi connectivity index (χ2n) is 3.91. The fourth-order valence-corrected chi connectivity index (χ4v) is 2.11. The summed E-state index contributed by atoms with van der Waals surface area (Å²) in [5, 5.41) is 18.3. The largest absolute Gasteiger partial charge is 0.490 e. The van der Waals surface area contributed by atoms with Crippen LogP contribution in [-0.2, 0) is 0 Å². The molecule has 2 N–H and O–H groups in total. The van der Waals surface area contributed by atoms with Gasteiger partial charge in [-0.15, -0.1) is 0 Å². The maximum Gasteiger partial charge on any atom is 0.490 e. The van der Waals surface area contributed by atoms with Crippen LogP contribution in [0.2, 0.25) is 10.0 Å². The number of hydrogen-bond donors (Lipinski definition) is 2. The third kappa shape index (κ3) is 3.14. The first-order valence-corrected chi connectivity index (χ1v) is 6.37. The van der Waals surface area contributed by atoms with Crippen molar-refractivity contribution < 1.29 is 19.6 Å². The van der Waals surface area contributed by atoms with E-state index in [2.05, 4.69) is 0 Å². The molecular formula is C13H9BCl2O4. The molecule has 0 amide bonds. The lowest BCUT2D eigenvalue weighted by Gasteiger charge is -2.11. The molecule has 2 aromatic rings. The number of esters is 1. The number of ether oxygens (including phenoxy) is 1. The quantitative estimate of drug-likeness (QED) is 0.516. The number of benzene rings is 2. The Kier molecular flexibility index (Phi) is 4.67. The zero-order chi connectivity index (χ0) is 14.7. The molecule has 0 aromatic heterocycles. The van der Waals surface area contributed by atoms with E-state index >= 15 is 0 Å². The molecule has 7 heteroatoms. The molecule has 20 heavy (non-hydrogen) atoms. The highest BCUT2D eigenvalue weighted by Crippen LogP contribution is 2.32. The summed E-state index contributed by atoms with van der Waals surface area (Å²) < 4.78 is 5.13. The van der Waals surface area contributed by atoms with Gasteiger partial charge in [-0.05, 0) is 18.2 Å². The standard InChI is InChI=1S/C13H9BCl2O4/c15-10-7-6-9(14(18)19)11(16)12(10)20-13(17)8-4-2-1-3-5-8/h1-7,18-19H. The average Bonchev–Trinajstić information content (AvgIpc) is 2.43. The van der Waals surface area contributed by atoms with Crippen molar-refractivity contribution in [3.63, 3.8) is 0 Å². The first-order chi connectivity index (χ1) is 9.50. The summed E-state index contributed by atoms with van der Waals surface area (Å²) in [5.74, 6) is -0.744. The molecule has 0 aliphatic rings. The van der Waals surface area contributed by atoms with Crippen molar-refractivity contribution in [1.29, 1.82) is 0 Å². The summed E-state index contributed by atoms with van der Waals surface area (Å²) >= 11 is 11.9. The van der Waals surface area contributed by atoms with Crippen LogP contribution >= 0.6 is 23.2 Å². The average molecular weight is 311 g/mol. The van der Waals surface area contributed by atoms with E-state index in [0.717, 1.165) is 0 Å². The molecule has 0 aliphatic carbocycles. The van der Waals surface area contributed by atoms with E-state index in [1.54, 1.807) is 30.3 Å². The molecule has 0 heterocycles. The van der Waals surface area contributed by atoms with Crippen molar-refractivity contribution >= 4 is 41.8 Å². The van der Waals surface area contributed by atoms with Crippen molar-refractivity contribution in [1.82, 2.24) is 0 Å². The van der Waals surface area contributed by atoms with Crippen LogP contribution in [-0.4, -0.2) is 23.1 Å². The fraction of sp³-hybridized carbons (Fsp3) is 0. The maximum absolute atomic E-state index is 11.9. The molecule has 0 fully saturated rings. The Morgan fingerprint density at radius 1 is 1.05 bits per heavy atom. The second-order valence-corrected chi connectivity index (χ2v) is 4.69. The topological polar surface area (TPSA) is 66.8 Å². The van der Waals surface area contributed by atoms with E-state index < -0.39 is 13.1 Å². The molecule has 0 saturated heterocycles. The molecule has 0 spiro atoms. The van der Waals surface area contributed by atoms with Crippen LogP contribution in [0.5, 0.6) is 5.75 Å². The fourth-order valence-electron chi connectivity index (χ4n) is 1.57. The van der Waals surface area contributed by atoms with Gasteiger partial charge in [0.25, 0.3) is 0 Å². The predicted molar refractivity (Wildman–Crippen MR) is 77.7 cm³/mol. The summed E-state index contributed by atoms with van der Waals surface area (Å²) in [7, 11) is -1.78. The van der Waals surface area contributed by atoms with Crippen LogP contribution < -0.4 is 10.2 Å². The lowest BCUT2D eigenvalue weighted by atomic mass is 9.80. The Morgan fingerprint density at radius 3 is 2.30 bits per heavy atom. The van der Waals surface area contributed by atoms with Crippen molar-refractivity contribution in [2.45, 2.75) is 0 Å². The van der Waals surface area contributed by atoms with Crippen molar-refractivity contribution in [3.8, 4) is 5.75 Å². The van der Waals surface area contributed by atoms with Gasteiger partial charge in [0.15, 0.2) is 5.75 Å². The molecule has 2 rings (SSSR count). The smallest absolute Gasteiger partial charge is 0.423 e. The minimum Gasteiger partial charge on any atom is -0.423 e. The summed E-state index contributed by atoms with van der Waals surface area (Å²) in [4.78, 5) is 11.9. The molecule has 0 radical (unpaired) electrons. The van der Waals surface area contributed by atoms with E-state index in [0.29, 0.717) is 5.56 Å². The van der Waals surface area contributed by atoms with Crippen LogP contribution in [0, 0.1) is 0 Å². The maximum atomic E-state index is 11.9. The van der Waals surface area contributed by atoms with Crippen molar-refractivity contribution in [2.24, 2.45) is 0 Å². The molecule has 0 saturated carbocycles. The van der Waals surface area contributed by atoms with E-state index in [-0.39, 0.29) is 21.3 Å². The first kappa shape index (κ1) is 14.9. The van der Waals surface area contributed by atoms with Gasteiger partial charge >= 0.3 is 13.1 Å². The second kappa shape index (κ2) is 6.28. The highest BCUT2D eigenvalue weighted by molar-refractivity contribution is 6.63. The third-order valence-electron chi connectivity index (χ3n) is 2.56. The number of hydrogen-bond acceptors (Lipinski definition) is 4. The number of rotatable bonds is 3. The molecule has 4 nitrogen and oxygen atoms in total. The summed E-state index contributed by atoms with van der Waals surface area (Å²) in [6.45, 7) is 0. The van der Waals surface area contributed by atoms with Crippen LogP contribution in [0.25, 0.3) is 0 Å². The van der Waals surface area contributed by atoms with E-state index in [1.807, 2.05) is 0 Å². The van der Waals surface area contributed by atoms with Gasteiger partial charge in [-0.1, -0.05) is 47.5 Å². The van der Waals surface area contributed by atoms with Crippen LogP contribution in [0.4, 0.5) is 0 Å². The SMILES string of the molecule is O=C(Oc1c(Cl)ccc(B(O)O)c1Cl)c1ccccc1. The van der Waals surface area contributed by atoms with Gasteiger partial charge in [-0.25, -0.2) is 4.79 Å². The number of carbonyl (C=O) groups is 1. The molecule has 102 valence electrons.